The van der Waals surface area contributed by atoms with Crippen LogP contribution >= 0.6 is 0 Å². The van der Waals surface area contributed by atoms with E-state index in [0.717, 1.165) is 25.7 Å². The minimum Gasteiger partial charge on any atom is -0.291 e. The maximum atomic E-state index is 11.1. The van der Waals surface area contributed by atoms with E-state index in [2.05, 4.69) is 6.92 Å². The van der Waals surface area contributed by atoms with Crippen LogP contribution in [0.15, 0.2) is 47.9 Å². The summed E-state index contributed by atoms with van der Waals surface area (Å²) in [5.74, 6) is 0. The van der Waals surface area contributed by atoms with Crippen LogP contribution in [-0.2, 0) is 4.79 Å². The van der Waals surface area contributed by atoms with Gasteiger partial charge in [-0.2, -0.15) is 0 Å². The highest BCUT2D eigenvalue weighted by atomic mass is 16.6. The quantitative estimate of drug-likeness (QED) is 0.154. The summed E-state index contributed by atoms with van der Waals surface area (Å²) in [6.07, 6.45) is 18.2. The molecule has 0 saturated heterocycles. The number of hydrogen-bond acceptors (Lipinski definition) is 5. The first-order valence-corrected chi connectivity index (χ1v) is 9.34. The van der Waals surface area contributed by atoms with Gasteiger partial charge in [-0.3, -0.25) is 25.0 Å². The van der Waals surface area contributed by atoms with Gasteiger partial charge in [0, 0.05) is 6.42 Å². The van der Waals surface area contributed by atoms with Crippen LogP contribution in [0.4, 0.5) is 0 Å². The maximum Gasteiger partial charge on any atom is 0.246 e. The summed E-state index contributed by atoms with van der Waals surface area (Å²) in [6, 6.07) is 0. The van der Waals surface area contributed by atoms with Crippen LogP contribution in [0.5, 0.6) is 0 Å². The van der Waals surface area contributed by atoms with Gasteiger partial charge in [-0.15, -0.1) is 0 Å². The third-order valence-corrected chi connectivity index (χ3v) is 3.78. The van der Waals surface area contributed by atoms with Gasteiger partial charge in [0.2, 0.25) is 11.4 Å². The van der Waals surface area contributed by atoms with Gasteiger partial charge in [-0.1, -0.05) is 44.1 Å². The molecule has 0 N–H and O–H groups in total. The first-order chi connectivity index (χ1) is 13.0. The third-order valence-electron chi connectivity index (χ3n) is 3.78. The Morgan fingerprint density at radius 1 is 0.852 bits per heavy atom. The van der Waals surface area contributed by atoms with Crippen LogP contribution < -0.4 is 0 Å². The molecule has 27 heavy (non-hydrogen) atoms. The van der Waals surface area contributed by atoms with Crippen molar-refractivity contribution in [3.63, 3.8) is 0 Å². The van der Waals surface area contributed by atoms with E-state index in [1.807, 2.05) is 12.2 Å². The van der Waals surface area contributed by atoms with Crippen molar-refractivity contribution in [2.24, 2.45) is 0 Å². The van der Waals surface area contributed by atoms with Crippen molar-refractivity contribution in [3.05, 3.63) is 68.1 Å². The van der Waals surface area contributed by atoms with Crippen LogP contribution in [0.25, 0.3) is 0 Å². The summed E-state index contributed by atoms with van der Waals surface area (Å²) in [5.41, 5.74) is 0.187. The zero-order valence-corrected chi connectivity index (χ0v) is 16.0. The lowest BCUT2D eigenvalue weighted by Gasteiger charge is -1.95. The van der Waals surface area contributed by atoms with Gasteiger partial charge in [0.15, 0.2) is 6.29 Å². The van der Waals surface area contributed by atoms with Crippen molar-refractivity contribution < 1.29 is 14.6 Å². The number of allylic oxidation sites excluding steroid dienone is 6. The summed E-state index contributed by atoms with van der Waals surface area (Å²) in [7, 11) is 0. The molecule has 0 saturated carbocycles. The molecule has 1 radical (unpaired) electrons. The molecule has 0 aliphatic heterocycles. The van der Waals surface area contributed by atoms with Gasteiger partial charge in [0.05, 0.1) is 22.7 Å². The lowest BCUT2D eigenvalue weighted by atomic mass is 10.1. The summed E-state index contributed by atoms with van der Waals surface area (Å²) in [5, 5.41) is 22.0. The summed E-state index contributed by atoms with van der Waals surface area (Å²) in [4.78, 5) is 31.3. The molecular weight excluding hydrogens is 348 g/mol. The van der Waals surface area contributed by atoms with Crippen LogP contribution in [0.1, 0.15) is 71.1 Å². The summed E-state index contributed by atoms with van der Waals surface area (Å²) in [6.45, 7) is 2.13. The van der Waals surface area contributed by atoms with Crippen molar-refractivity contribution in [3.8, 4) is 0 Å². The Labute approximate surface area is 160 Å². The van der Waals surface area contributed by atoms with Crippen molar-refractivity contribution in [1.29, 1.82) is 0 Å². The molecule has 0 aromatic rings. The average Bonchev–Trinajstić information content (AvgIpc) is 2.63. The number of hydrogen-bond donors (Lipinski definition) is 0. The zero-order valence-electron chi connectivity index (χ0n) is 16.0. The van der Waals surface area contributed by atoms with Crippen LogP contribution in [0.2, 0.25) is 0 Å². The second-order valence-electron chi connectivity index (χ2n) is 6.02. The maximum absolute atomic E-state index is 11.1. The number of rotatable bonds is 16. The van der Waals surface area contributed by atoms with E-state index in [0.29, 0.717) is 19.3 Å². The molecule has 0 unspecified atom stereocenters. The molecule has 0 spiro atoms. The van der Waals surface area contributed by atoms with E-state index in [-0.39, 0.29) is 30.7 Å². The molecule has 0 bridgehead atoms. The largest absolute Gasteiger partial charge is 0.291 e. The third kappa shape index (κ3) is 14.3. The lowest BCUT2D eigenvalue weighted by Crippen LogP contribution is -1.98. The van der Waals surface area contributed by atoms with Gasteiger partial charge >= 0.3 is 0 Å². The molecule has 0 atom stereocenters. The molecule has 0 aliphatic rings. The van der Waals surface area contributed by atoms with Gasteiger partial charge < -0.3 is 0 Å². The van der Waals surface area contributed by atoms with Crippen molar-refractivity contribution in [1.82, 2.24) is 0 Å². The van der Waals surface area contributed by atoms with Crippen LogP contribution in [0.3, 0.4) is 0 Å². The molecule has 7 heteroatoms. The van der Waals surface area contributed by atoms with Crippen molar-refractivity contribution in [2.75, 3.05) is 0 Å². The Hall–Kier alpha value is -2.57. The summed E-state index contributed by atoms with van der Waals surface area (Å²) < 4.78 is 0. The topological polar surface area (TPSA) is 103 Å². The second kappa shape index (κ2) is 16.9. The summed E-state index contributed by atoms with van der Waals surface area (Å²) >= 11 is 0. The molecule has 0 rings (SSSR count). The Bertz CT molecular complexity index is 577. The van der Waals surface area contributed by atoms with Crippen molar-refractivity contribution in [2.45, 2.75) is 71.1 Å². The monoisotopic (exact) mass is 377 g/mol. The fourth-order valence-corrected chi connectivity index (χ4v) is 2.25. The minimum absolute atomic E-state index is 0.0608. The Balaban J connectivity index is 4.45. The molecule has 0 heterocycles. The van der Waals surface area contributed by atoms with Crippen molar-refractivity contribution >= 4 is 6.29 Å². The lowest BCUT2D eigenvalue weighted by molar-refractivity contribution is -0.427. The molecule has 0 amide bonds. The fraction of sp³-hybridized carbons (Fsp3) is 0.550. The van der Waals surface area contributed by atoms with E-state index in [1.165, 1.54) is 12.2 Å². The molecule has 0 fully saturated rings. The number of nitro groups is 2. The highest BCUT2D eigenvalue weighted by Crippen LogP contribution is 2.10. The molecule has 0 aliphatic carbocycles. The average molecular weight is 377 g/mol. The molecule has 0 aromatic heterocycles. The second-order valence-corrected chi connectivity index (χ2v) is 6.02. The Kier molecular flexibility index (Phi) is 15.3. The Morgan fingerprint density at radius 3 is 2.07 bits per heavy atom. The van der Waals surface area contributed by atoms with Gasteiger partial charge in [-0.05, 0) is 44.3 Å². The van der Waals surface area contributed by atoms with Gasteiger partial charge in [0.25, 0.3) is 0 Å². The van der Waals surface area contributed by atoms with Crippen LogP contribution in [0, 0.1) is 20.2 Å². The SMILES string of the molecule is CCCCC/C=C/C/C(=C/C/C=C/C/C(=C/CCC[C]=O)[N+](=O)[O-])[N+](=O)[O-]. The highest BCUT2D eigenvalue weighted by Gasteiger charge is 2.08. The van der Waals surface area contributed by atoms with Gasteiger partial charge in [0.1, 0.15) is 0 Å². The molecule has 149 valence electrons. The minimum atomic E-state index is -0.448. The van der Waals surface area contributed by atoms with E-state index in [9.17, 15) is 25.0 Å². The smallest absolute Gasteiger partial charge is 0.246 e. The first kappa shape index (κ1) is 24.4. The van der Waals surface area contributed by atoms with E-state index < -0.39 is 9.85 Å². The molecular formula is C20H29N2O5. The normalized spacial score (nSPS) is 12.8. The predicted molar refractivity (Wildman–Crippen MR) is 106 cm³/mol. The standard InChI is InChI=1S/C20H29N2O5/c1-2-3-4-5-6-9-14-19(21(24)25)15-10-7-11-16-20(22(26)27)17-12-8-13-18-23/h6-7,9,11,15,17H,2-5,8,10,12-14,16H2,1H3/b9-6+,11-7+,19-15-,20-17-. The predicted octanol–water partition coefficient (Wildman–Crippen LogP) is 5.45. The van der Waals surface area contributed by atoms with E-state index in [4.69, 9.17) is 0 Å². The fourth-order valence-electron chi connectivity index (χ4n) is 2.25. The van der Waals surface area contributed by atoms with Crippen LogP contribution in [-0.4, -0.2) is 16.1 Å². The number of carbonyl (C=O) groups excluding carboxylic acids is 1. The van der Waals surface area contributed by atoms with Gasteiger partial charge in [-0.25, -0.2) is 0 Å². The van der Waals surface area contributed by atoms with E-state index >= 15 is 0 Å². The molecule has 7 nitrogen and oxygen atoms in total. The zero-order chi connectivity index (χ0) is 20.3. The number of nitrogens with zero attached hydrogens (tertiary/aromatic N) is 2. The van der Waals surface area contributed by atoms with E-state index in [1.54, 1.807) is 18.4 Å². The first-order valence-electron chi connectivity index (χ1n) is 9.34. The highest BCUT2D eigenvalue weighted by molar-refractivity contribution is 5.50. The Morgan fingerprint density at radius 2 is 1.48 bits per heavy atom. The molecule has 0 aromatic carbocycles. The number of unbranched alkanes of at least 4 members (excludes halogenated alkanes) is 5.